The molecule has 17 heavy (non-hydrogen) atoms. The number of carbonyl (C=O) groups is 1. The summed E-state index contributed by atoms with van der Waals surface area (Å²) in [7, 11) is 0. The third-order valence-corrected chi connectivity index (χ3v) is 1.95. The second kappa shape index (κ2) is 6.70. The summed E-state index contributed by atoms with van der Waals surface area (Å²) in [6.45, 7) is 3.90. The molecule has 0 aliphatic heterocycles. The first-order valence-electron chi connectivity index (χ1n) is 5.43. The van der Waals surface area contributed by atoms with Crippen molar-refractivity contribution in [3.8, 4) is 5.88 Å². The van der Waals surface area contributed by atoms with E-state index in [1.54, 1.807) is 25.3 Å². The molecule has 94 valence electrons. The van der Waals surface area contributed by atoms with Gasteiger partial charge in [-0.25, -0.2) is 9.78 Å². The fourth-order valence-corrected chi connectivity index (χ4v) is 1.17. The number of carbonyl (C=O) groups excluding carboxylic acids is 1. The van der Waals surface area contributed by atoms with E-state index in [0.717, 1.165) is 0 Å². The number of pyridine rings is 1. The van der Waals surface area contributed by atoms with Gasteiger partial charge in [-0.15, -0.1) is 0 Å². The van der Waals surface area contributed by atoms with Crippen LogP contribution in [0, 0.1) is 0 Å². The average molecular weight is 239 g/mol. The minimum atomic E-state index is -0.402. The zero-order chi connectivity index (χ0) is 12.7. The van der Waals surface area contributed by atoms with E-state index in [0.29, 0.717) is 18.2 Å². The molecule has 1 heterocycles. The standard InChI is InChI=1S/C11H17N3O3/c1-3-17-10-9(5-4-6-12-10)14-11(16)13-8(2)7-15/h4-6,8,15H,3,7H2,1-2H3,(H2,13,14,16). The van der Waals surface area contributed by atoms with Crippen LogP contribution in [-0.4, -0.2) is 35.4 Å². The molecule has 0 bridgehead atoms. The fourth-order valence-electron chi connectivity index (χ4n) is 1.17. The van der Waals surface area contributed by atoms with Crippen LogP contribution in [0.4, 0.5) is 10.5 Å². The first-order valence-corrected chi connectivity index (χ1v) is 5.43. The minimum Gasteiger partial charge on any atom is -0.476 e. The van der Waals surface area contributed by atoms with E-state index in [4.69, 9.17) is 9.84 Å². The molecule has 6 nitrogen and oxygen atoms in total. The number of nitrogens with one attached hydrogen (secondary N) is 2. The van der Waals surface area contributed by atoms with E-state index in [1.165, 1.54) is 0 Å². The van der Waals surface area contributed by atoms with Crippen LogP contribution >= 0.6 is 0 Å². The van der Waals surface area contributed by atoms with Crippen molar-refractivity contribution in [3.05, 3.63) is 18.3 Å². The highest BCUT2D eigenvalue weighted by molar-refractivity contribution is 5.90. The highest BCUT2D eigenvalue weighted by Gasteiger charge is 2.09. The largest absolute Gasteiger partial charge is 0.476 e. The number of hydrogen-bond acceptors (Lipinski definition) is 4. The predicted molar refractivity (Wildman–Crippen MR) is 64.1 cm³/mol. The molecule has 1 atom stereocenters. The Labute approximate surface area is 100 Å². The maximum Gasteiger partial charge on any atom is 0.319 e. The molecule has 0 aliphatic rings. The summed E-state index contributed by atoms with van der Waals surface area (Å²) in [5, 5.41) is 14.0. The lowest BCUT2D eigenvalue weighted by molar-refractivity contribution is 0.229. The molecule has 6 heteroatoms. The second-order valence-electron chi connectivity index (χ2n) is 3.47. The van der Waals surface area contributed by atoms with Crippen LogP contribution in [0.25, 0.3) is 0 Å². The molecule has 1 aromatic heterocycles. The summed E-state index contributed by atoms with van der Waals surface area (Å²) in [5.41, 5.74) is 0.497. The molecule has 3 N–H and O–H groups in total. The third-order valence-electron chi connectivity index (χ3n) is 1.95. The van der Waals surface area contributed by atoms with Crippen molar-refractivity contribution in [3.63, 3.8) is 0 Å². The number of amides is 2. The monoisotopic (exact) mass is 239 g/mol. The van der Waals surface area contributed by atoms with Crippen LogP contribution < -0.4 is 15.4 Å². The molecule has 0 fully saturated rings. The van der Waals surface area contributed by atoms with Gasteiger partial charge in [0.05, 0.1) is 19.3 Å². The molecule has 1 aromatic rings. The highest BCUT2D eigenvalue weighted by atomic mass is 16.5. The van der Waals surface area contributed by atoms with Crippen LogP contribution in [0.3, 0.4) is 0 Å². The van der Waals surface area contributed by atoms with Crippen LogP contribution in [0.1, 0.15) is 13.8 Å². The van der Waals surface area contributed by atoms with Gasteiger partial charge in [0.15, 0.2) is 0 Å². The summed E-state index contributed by atoms with van der Waals surface area (Å²) in [6.07, 6.45) is 1.59. The quantitative estimate of drug-likeness (QED) is 0.715. The Kier molecular flexibility index (Phi) is 5.22. The topological polar surface area (TPSA) is 83.5 Å². The van der Waals surface area contributed by atoms with Crippen LogP contribution in [0.15, 0.2) is 18.3 Å². The molecular formula is C11H17N3O3. The van der Waals surface area contributed by atoms with Crippen molar-refractivity contribution in [2.24, 2.45) is 0 Å². The lowest BCUT2D eigenvalue weighted by Gasteiger charge is -2.13. The average Bonchev–Trinajstić information content (AvgIpc) is 2.31. The van der Waals surface area contributed by atoms with E-state index >= 15 is 0 Å². The van der Waals surface area contributed by atoms with Crippen molar-refractivity contribution in [1.29, 1.82) is 0 Å². The molecular weight excluding hydrogens is 222 g/mol. The zero-order valence-corrected chi connectivity index (χ0v) is 9.93. The first-order chi connectivity index (χ1) is 8.17. The molecule has 0 aromatic carbocycles. The Hall–Kier alpha value is -1.82. The molecule has 0 saturated heterocycles. The van der Waals surface area contributed by atoms with Gasteiger partial charge < -0.3 is 20.5 Å². The number of ether oxygens (including phenoxy) is 1. The smallest absolute Gasteiger partial charge is 0.319 e. The number of urea groups is 1. The molecule has 1 unspecified atom stereocenters. The third kappa shape index (κ3) is 4.28. The lowest BCUT2D eigenvalue weighted by atomic mass is 10.3. The number of aliphatic hydroxyl groups excluding tert-OH is 1. The second-order valence-corrected chi connectivity index (χ2v) is 3.47. The van der Waals surface area contributed by atoms with Crippen LogP contribution in [0.2, 0.25) is 0 Å². The van der Waals surface area contributed by atoms with Gasteiger partial charge in [-0.1, -0.05) is 0 Å². The number of aliphatic hydroxyl groups is 1. The van der Waals surface area contributed by atoms with E-state index in [2.05, 4.69) is 15.6 Å². The SMILES string of the molecule is CCOc1ncccc1NC(=O)NC(C)CO. The summed E-state index contributed by atoms with van der Waals surface area (Å²) in [4.78, 5) is 15.5. The van der Waals surface area contributed by atoms with Gasteiger partial charge in [0.2, 0.25) is 5.88 Å². The zero-order valence-electron chi connectivity index (χ0n) is 9.93. The van der Waals surface area contributed by atoms with Gasteiger partial charge in [0.25, 0.3) is 0 Å². The Balaban J connectivity index is 2.64. The number of hydrogen-bond donors (Lipinski definition) is 3. The predicted octanol–water partition coefficient (Wildman–Crippen LogP) is 0.983. The number of aromatic nitrogens is 1. The molecule has 0 saturated carbocycles. The summed E-state index contributed by atoms with van der Waals surface area (Å²) in [6, 6.07) is 2.69. The number of rotatable bonds is 5. The Morgan fingerprint density at radius 3 is 3.06 bits per heavy atom. The van der Waals surface area contributed by atoms with Gasteiger partial charge >= 0.3 is 6.03 Å². The van der Waals surface area contributed by atoms with E-state index in [-0.39, 0.29) is 12.6 Å². The van der Waals surface area contributed by atoms with Gasteiger partial charge in [-0.2, -0.15) is 0 Å². The van der Waals surface area contributed by atoms with E-state index in [9.17, 15) is 4.79 Å². The minimum absolute atomic E-state index is 0.112. The van der Waals surface area contributed by atoms with Gasteiger partial charge in [0, 0.05) is 6.20 Å². The lowest BCUT2D eigenvalue weighted by Crippen LogP contribution is -2.38. The highest BCUT2D eigenvalue weighted by Crippen LogP contribution is 2.19. The van der Waals surface area contributed by atoms with Crippen molar-refractivity contribution in [2.45, 2.75) is 19.9 Å². The summed E-state index contributed by atoms with van der Waals surface area (Å²) >= 11 is 0. The Morgan fingerprint density at radius 2 is 2.41 bits per heavy atom. The van der Waals surface area contributed by atoms with E-state index in [1.807, 2.05) is 6.92 Å². The Bertz CT molecular complexity index is 371. The molecule has 0 radical (unpaired) electrons. The van der Waals surface area contributed by atoms with Crippen LogP contribution in [0.5, 0.6) is 5.88 Å². The Morgan fingerprint density at radius 1 is 1.65 bits per heavy atom. The van der Waals surface area contributed by atoms with E-state index < -0.39 is 6.03 Å². The van der Waals surface area contributed by atoms with Gasteiger partial charge in [-0.05, 0) is 26.0 Å². The molecule has 0 spiro atoms. The maximum atomic E-state index is 11.5. The van der Waals surface area contributed by atoms with Crippen molar-refractivity contribution < 1.29 is 14.6 Å². The first kappa shape index (κ1) is 13.2. The fraction of sp³-hybridized carbons (Fsp3) is 0.455. The number of anilines is 1. The van der Waals surface area contributed by atoms with Crippen molar-refractivity contribution in [1.82, 2.24) is 10.3 Å². The van der Waals surface area contributed by atoms with Gasteiger partial charge in [0.1, 0.15) is 5.69 Å². The molecule has 2 amide bonds. The number of nitrogens with zero attached hydrogens (tertiary/aromatic N) is 1. The van der Waals surface area contributed by atoms with Crippen LogP contribution in [-0.2, 0) is 0 Å². The molecule has 0 aliphatic carbocycles. The summed E-state index contributed by atoms with van der Waals surface area (Å²) in [5.74, 6) is 0.377. The van der Waals surface area contributed by atoms with Crippen molar-refractivity contribution in [2.75, 3.05) is 18.5 Å². The van der Waals surface area contributed by atoms with Gasteiger partial charge in [-0.3, -0.25) is 0 Å². The summed E-state index contributed by atoms with van der Waals surface area (Å²) < 4.78 is 5.27. The normalized spacial score (nSPS) is 11.7. The van der Waals surface area contributed by atoms with Crippen molar-refractivity contribution >= 4 is 11.7 Å². The molecule has 1 rings (SSSR count). The maximum absolute atomic E-state index is 11.5.